The summed E-state index contributed by atoms with van der Waals surface area (Å²) in [6.07, 6.45) is 2.29. The van der Waals surface area contributed by atoms with Gasteiger partial charge in [-0.15, -0.1) is 0 Å². The highest BCUT2D eigenvalue weighted by molar-refractivity contribution is 5.78. The zero-order valence-electron chi connectivity index (χ0n) is 14.7. The van der Waals surface area contributed by atoms with E-state index in [2.05, 4.69) is 39.9 Å². The molecule has 0 aromatic heterocycles. The van der Waals surface area contributed by atoms with Crippen LogP contribution >= 0.6 is 0 Å². The van der Waals surface area contributed by atoms with Crippen LogP contribution in [0.15, 0.2) is 0 Å². The van der Waals surface area contributed by atoms with Crippen molar-refractivity contribution < 1.29 is 19.4 Å². The molecule has 1 aliphatic rings. The number of rotatable bonds is 6. The van der Waals surface area contributed by atoms with Crippen molar-refractivity contribution in [1.29, 1.82) is 0 Å². The SMILES string of the molecule is CCC1(C)CC(OC(=O)C(C)CC(=O)O)C(C)C(C)(CC)N1. The number of nitrogens with one attached hydrogen (secondary N) is 1. The van der Waals surface area contributed by atoms with E-state index >= 15 is 0 Å². The van der Waals surface area contributed by atoms with Gasteiger partial charge in [0.15, 0.2) is 0 Å². The van der Waals surface area contributed by atoms with Crippen molar-refractivity contribution in [2.24, 2.45) is 11.8 Å². The molecule has 0 amide bonds. The lowest BCUT2D eigenvalue weighted by molar-refractivity contribution is -0.165. The Morgan fingerprint density at radius 2 is 1.91 bits per heavy atom. The summed E-state index contributed by atoms with van der Waals surface area (Å²) in [5, 5.41) is 12.5. The number of carboxylic acid groups (broad SMARTS) is 1. The molecule has 0 spiro atoms. The van der Waals surface area contributed by atoms with E-state index in [4.69, 9.17) is 9.84 Å². The van der Waals surface area contributed by atoms with Gasteiger partial charge in [-0.05, 0) is 26.7 Å². The first-order valence-corrected chi connectivity index (χ1v) is 8.28. The molecule has 5 atom stereocenters. The van der Waals surface area contributed by atoms with Gasteiger partial charge in [-0.2, -0.15) is 0 Å². The Balaban J connectivity index is 2.87. The molecule has 1 aliphatic heterocycles. The maximum Gasteiger partial charge on any atom is 0.309 e. The number of hydrogen-bond donors (Lipinski definition) is 2. The number of esters is 1. The van der Waals surface area contributed by atoms with Gasteiger partial charge < -0.3 is 15.2 Å². The maximum atomic E-state index is 12.2. The monoisotopic (exact) mass is 313 g/mol. The standard InChI is InChI=1S/C17H31NO4/c1-7-16(5)10-13(12(4)17(6,8-2)18-16)22-15(21)11(3)9-14(19)20/h11-13,18H,7-10H2,1-6H3,(H,19,20). The fourth-order valence-corrected chi connectivity index (χ4v) is 3.28. The van der Waals surface area contributed by atoms with Crippen LogP contribution in [0.1, 0.15) is 67.2 Å². The van der Waals surface area contributed by atoms with E-state index in [-0.39, 0.29) is 29.5 Å². The number of hydrogen-bond acceptors (Lipinski definition) is 4. The normalized spacial score (nSPS) is 36.6. The average molecular weight is 313 g/mol. The lowest BCUT2D eigenvalue weighted by atomic mass is 9.70. The van der Waals surface area contributed by atoms with E-state index in [9.17, 15) is 9.59 Å². The summed E-state index contributed by atoms with van der Waals surface area (Å²) >= 11 is 0. The summed E-state index contributed by atoms with van der Waals surface area (Å²) in [7, 11) is 0. The van der Waals surface area contributed by atoms with Gasteiger partial charge in [0.05, 0.1) is 12.3 Å². The Kier molecular flexibility index (Phi) is 6.02. The lowest BCUT2D eigenvalue weighted by Gasteiger charge is -2.53. The van der Waals surface area contributed by atoms with Crippen LogP contribution in [0.2, 0.25) is 0 Å². The molecule has 0 bridgehead atoms. The lowest BCUT2D eigenvalue weighted by Crippen LogP contribution is -2.66. The Bertz CT molecular complexity index is 425. The minimum atomic E-state index is -0.973. The summed E-state index contributed by atoms with van der Waals surface area (Å²) in [6.45, 7) is 12.3. The molecule has 2 N–H and O–H groups in total. The predicted octanol–water partition coefficient (Wildman–Crippen LogP) is 2.98. The molecule has 22 heavy (non-hydrogen) atoms. The summed E-state index contributed by atoms with van der Waals surface area (Å²) < 4.78 is 5.72. The van der Waals surface area contributed by atoms with Gasteiger partial charge in [-0.25, -0.2) is 0 Å². The summed E-state index contributed by atoms with van der Waals surface area (Å²) in [6, 6.07) is 0. The van der Waals surface area contributed by atoms with E-state index < -0.39 is 17.9 Å². The van der Waals surface area contributed by atoms with Gasteiger partial charge in [-0.3, -0.25) is 9.59 Å². The maximum absolute atomic E-state index is 12.2. The third kappa shape index (κ3) is 4.22. The highest BCUT2D eigenvalue weighted by atomic mass is 16.5. The fraction of sp³-hybridized carbons (Fsp3) is 0.882. The second-order valence-electron chi connectivity index (χ2n) is 7.28. The molecular weight excluding hydrogens is 282 g/mol. The number of ether oxygens (including phenoxy) is 1. The largest absolute Gasteiger partial charge is 0.481 e. The van der Waals surface area contributed by atoms with Crippen molar-refractivity contribution in [1.82, 2.24) is 5.32 Å². The van der Waals surface area contributed by atoms with Gasteiger partial charge >= 0.3 is 11.9 Å². The zero-order valence-corrected chi connectivity index (χ0v) is 14.7. The van der Waals surface area contributed by atoms with Crippen molar-refractivity contribution in [3.05, 3.63) is 0 Å². The van der Waals surface area contributed by atoms with Gasteiger partial charge in [0.25, 0.3) is 0 Å². The van der Waals surface area contributed by atoms with Gasteiger partial charge in [0.2, 0.25) is 0 Å². The van der Waals surface area contributed by atoms with Crippen LogP contribution in [0.25, 0.3) is 0 Å². The van der Waals surface area contributed by atoms with Crippen LogP contribution in [0.5, 0.6) is 0 Å². The topological polar surface area (TPSA) is 75.6 Å². The zero-order chi connectivity index (χ0) is 17.1. The second kappa shape index (κ2) is 6.99. The number of piperidine rings is 1. The molecule has 0 saturated carbocycles. The molecule has 128 valence electrons. The van der Waals surface area contributed by atoms with Gasteiger partial charge in [-0.1, -0.05) is 27.7 Å². The highest BCUT2D eigenvalue weighted by Gasteiger charge is 2.48. The fourth-order valence-electron chi connectivity index (χ4n) is 3.28. The first-order valence-electron chi connectivity index (χ1n) is 8.28. The molecule has 0 aliphatic carbocycles. The number of aliphatic carboxylic acids is 1. The third-order valence-electron chi connectivity index (χ3n) is 5.47. The van der Waals surface area contributed by atoms with Crippen LogP contribution in [0.4, 0.5) is 0 Å². The minimum absolute atomic E-state index is 0.0712. The summed E-state index contributed by atoms with van der Waals surface area (Å²) in [5.74, 6) is -1.81. The first-order chi connectivity index (χ1) is 10.1. The molecule has 5 nitrogen and oxygen atoms in total. The molecule has 0 radical (unpaired) electrons. The Hall–Kier alpha value is -1.10. The van der Waals surface area contributed by atoms with E-state index in [0.29, 0.717) is 0 Å². The van der Waals surface area contributed by atoms with Gasteiger partial charge in [0, 0.05) is 23.4 Å². The van der Waals surface area contributed by atoms with Crippen LogP contribution in [-0.2, 0) is 14.3 Å². The quantitative estimate of drug-likeness (QED) is 0.737. The molecule has 0 aromatic rings. The molecular formula is C17H31NO4. The van der Waals surface area contributed by atoms with Crippen molar-refractivity contribution in [2.75, 3.05) is 0 Å². The predicted molar refractivity (Wildman–Crippen MR) is 85.6 cm³/mol. The van der Waals surface area contributed by atoms with E-state index in [0.717, 1.165) is 19.3 Å². The Morgan fingerprint density at radius 3 is 2.36 bits per heavy atom. The number of carbonyl (C=O) groups excluding carboxylic acids is 1. The number of carboxylic acids is 1. The summed E-state index contributed by atoms with van der Waals surface area (Å²) in [5.41, 5.74) is -0.164. The molecule has 5 unspecified atom stereocenters. The number of carbonyl (C=O) groups is 2. The van der Waals surface area contributed by atoms with Crippen molar-refractivity contribution in [2.45, 2.75) is 84.4 Å². The molecule has 1 fully saturated rings. The van der Waals surface area contributed by atoms with Crippen LogP contribution in [0, 0.1) is 11.8 Å². The molecule has 1 rings (SSSR count). The van der Waals surface area contributed by atoms with Crippen LogP contribution < -0.4 is 5.32 Å². The molecule has 0 aromatic carbocycles. The minimum Gasteiger partial charge on any atom is -0.481 e. The van der Waals surface area contributed by atoms with Crippen LogP contribution in [-0.4, -0.2) is 34.2 Å². The second-order valence-corrected chi connectivity index (χ2v) is 7.28. The molecule has 5 heteroatoms. The van der Waals surface area contributed by atoms with Crippen molar-refractivity contribution in [3.8, 4) is 0 Å². The summed E-state index contributed by atoms with van der Waals surface area (Å²) in [4.78, 5) is 22.9. The third-order valence-corrected chi connectivity index (χ3v) is 5.47. The van der Waals surface area contributed by atoms with Crippen molar-refractivity contribution >= 4 is 11.9 Å². The Morgan fingerprint density at radius 1 is 1.32 bits per heavy atom. The van der Waals surface area contributed by atoms with E-state index in [1.54, 1.807) is 6.92 Å². The average Bonchev–Trinajstić information content (AvgIpc) is 2.43. The van der Waals surface area contributed by atoms with Gasteiger partial charge in [0.1, 0.15) is 6.10 Å². The van der Waals surface area contributed by atoms with E-state index in [1.165, 1.54) is 0 Å². The van der Waals surface area contributed by atoms with Crippen molar-refractivity contribution in [3.63, 3.8) is 0 Å². The highest BCUT2D eigenvalue weighted by Crippen LogP contribution is 2.39. The molecule has 1 saturated heterocycles. The first kappa shape index (κ1) is 18.9. The molecule has 1 heterocycles. The smallest absolute Gasteiger partial charge is 0.309 e. The Labute approximate surface area is 133 Å². The van der Waals surface area contributed by atoms with E-state index in [1.807, 2.05) is 0 Å². The van der Waals surface area contributed by atoms with Crippen LogP contribution in [0.3, 0.4) is 0 Å².